The molecule has 1 amide bonds. The van der Waals surface area contributed by atoms with E-state index in [1.54, 1.807) is 12.2 Å². The third kappa shape index (κ3) is 4.72. The van der Waals surface area contributed by atoms with Gasteiger partial charge in [0.25, 0.3) is 0 Å². The molecule has 2 rings (SSSR count). The normalized spacial score (nSPS) is 26.0. The van der Waals surface area contributed by atoms with Gasteiger partial charge in [-0.3, -0.25) is 4.79 Å². The first kappa shape index (κ1) is 15.3. The maximum atomic E-state index is 11.9. The largest absolute Gasteiger partial charge is 0.461 e. The Hall–Kier alpha value is -2.14. The van der Waals surface area contributed by atoms with Gasteiger partial charge in [-0.15, -0.1) is 0 Å². The fourth-order valence-corrected chi connectivity index (χ4v) is 2.09. The molecule has 0 saturated heterocycles. The summed E-state index contributed by atoms with van der Waals surface area (Å²) in [5.74, 6) is -0.763. The SMILES string of the molecule is O=C1CC/C=C\C[C@@H](O)C(=O)OC[C@@H](c2ccccc2)N1. The van der Waals surface area contributed by atoms with E-state index in [1.807, 2.05) is 30.3 Å². The number of aliphatic hydroxyl groups is 1. The van der Waals surface area contributed by atoms with Gasteiger partial charge >= 0.3 is 5.97 Å². The molecule has 5 nitrogen and oxygen atoms in total. The summed E-state index contributed by atoms with van der Waals surface area (Å²) in [6.45, 7) is 0.00929. The van der Waals surface area contributed by atoms with Gasteiger partial charge in [0.2, 0.25) is 5.91 Å². The van der Waals surface area contributed by atoms with Gasteiger partial charge in [-0.2, -0.15) is 0 Å². The standard InChI is InChI=1S/C16H19NO4/c18-14-9-5-2-6-10-15(19)17-13(11-21-16(14)20)12-7-3-1-4-8-12/h1-5,7-8,13-14,18H,6,9-11H2,(H,17,19)/b5-2-/t13-,14+/m0/s1. The quantitative estimate of drug-likeness (QED) is 0.606. The molecule has 2 atom stereocenters. The molecule has 2 N–H and O–H groups in total. The fraction of sp³-hybridized carbons (Fsp3) is 0.375. The molecule has 0 spiro atoms. The van der Waals surface area contributed by atoms with Crippen LogP contribution in [0.1, 0.15) is 30.9 Å². The zero-order chi connectivity index (χ0) is 15.1. The van der Waals surface area contributed by atoms with Crippen LogP contribution < -0.4 is 5.32 Å². The zero-order valence-corrected chi connectivity index (χ0v) is 11.7. The van der Waals surface area contributed by atoms with Crippen molar-refractivity contribution < 1.29 is 19.4 Å². The number of hydrogen-bond donors (Lipinski definition) is 2. The highest BCUT2D eigenvalue weighted by Gasteiger charge is 2.20. The molecule has 1 heterocycles. The van der Waals surface area contributed by atoms with Gasteiger partial charge in [0.05, 0.1) is 6.04 Å². The molecule has 0 unspecified atom stereocenters. The lowest BCUT2D eigenvalue weighted by Gasteiger charge is -2.20. The highest BCUT2D eigenvalue weighted by molar-refractivity contribution is 5.77. The summed E-state index contributed by atoms with van der Waals surface area (Å²) in [5, 5.41) is 12.5. The number of allylic oxidation sites excluding steroid dienone is 1. The molecule has 1 aliphatic heterocycles. The van der Waals surface area contributed by atoms with E-state index in [-0.39, 0.29) is 18.9 Å². The van der Waals surface area contributed by atoms with Crippen LogP contribution in [0.25, 0.3) is 0 Å². The lowest BCUT2D eigenvalue weighted by Crippen LogP contribution is -2.34. The summed E-state index contributed by atoms with van der Waals surface area (Å²) in [6.07, 6.45) is 3.47. The third-order valence-electron chi connectivity index (χ3n) is 3.27. The Morgan fingerprint density at radius 2 is 1.90 bits per heavy atom. The Bertz CT molecular complexity index is 512. The van der Waals surface area contributed by atoms with Gasteiger partial charge in [0.15, 0.2) is 6.10 Å². The Morgan fingerprint density at radius 3 is 2.67 bits per heavy atom. The maximum Gasteiger partial charge on any atom is 0.335 e. The maximum absolute atomic E-state index is 11.9. The van der Waals surface area contributed by atoms with Crippen LogP contribution in [0.2, 0.25) is 0 Å². The average Bonchev–Trinajstić information content (AvgIpc) is 2.50. The van der Waals surface area contributed by atoms with Gasteiger partial charge in [-0.25, -0.2) is 4.79 Å². The predicted molar refractivity (Wildman–Crippen MR) is 77.3 cm³/mol. The molecule has 5 heteroatoms. The van der Waals surface area contributed by atoms with Crippen molar-refractivity contribution in [3.8, 4) is 0 Å². The second-order valence-electron chi connectivity index (χ2n) is 4.92. The summed E-state index contributed by atoms with van der Waals surface area (Å²) in [4.78, 5) is 23.6. The van der Waals surface area contributed by atoms with E-state index in [2.05, 4.69) is 5.32 Å². The van der Waals surface area contributed by atoms with E-state index in [0.717, 1.165) is 5.56 Å². The van der Waals surface area contributed by atoms with E-state index >= 15 is 0 Å². The summed E-state index contributed by atoms with van der Waals surface area (Å²) in [5.41, 5.74) is 0.862. The number of esters is 1. The molecule has 0 bridgehead atoms. The van der Waals surface area contributed by atoms with Crippen molar-refractivity contribution in [1.29, 1.82) is 0 Å². The minimum absolute atomic E-state index is 0.00929. The number of ether oxygens (including phenoxy) is 1. The van der Waals surface area contributed by atoms with Crippen molar-refractivity contribution >= 4 is 11.9 Å². The number of aliphatic hydroxyl groups excluding tert-OH is 1. The molecule has 0 aliphatic carbocycles. The van der Waals surface area contributed by atoms with Crippen molar-refractivity contribution in [3.63, 3.8) is 0 Å². The van der Waals surface area contributed by atoms with E-state index in [0.29, 0.717) is 12.8 Å². The summed E-state index contributed by atoms with van der Waals surface area (Å²) in [6, 6.07) is 8.91. The van der Waals surface area contributed by atoms with Crippen LogP contribution in [-0.2, 0) is 14.3 Å². The number of rotatable bonds is 1. The molecule has 0 saturated carbocycles. The lowest BCUT2D eigenvalue weighted by molar-refractivity contribution is -0.154. The summed E-state index contributed by atoms with van der Waals surface area (Å²) < 4.78 is 5.10. The molecule has 21 heavy (non-hydrogen) atoms. The fourth-order valence-electron chi connectivity index (χ4n) is 2.09. The van der Waals surface area contributed by atoms with E-state index < -0.39 is 18.1 Å². The number of nitrogens with one attached hydrogen (secondary N) is 1. The second kappa shape index (κ2) is 7.59. The summed E-state index contributed by atoms with van der Waals surface area (Å²) in [7, 11) is 0. The third-order valence-corrected chi connectivity index (χ3v) is 3.27. The van der Waals surface area contributed by atoms with E-state index in [4.69, 9.17) is 4.74 Å². The Balaban J connectivity index is 2.13. The Kier molecular flexibility index (Phi) is 5.51. The zero-order valence-electron chi connectivity index (χ0n) is 11.7. The number of carbonyl (C=O) groups is 2. The van der Waals surface area contributed by atoms with E-state index in [1.165, 1.54) is 0 Å². The van der Waals surface area contributed by atoms with Crippen molar-refractivity contribution in [3.05, 3.63) is 48.0 Å². The average molecular weight is 289 g/mol. The van der Waals surface area contributed by atoms with Crippen molar-refractivity contribution in [1.82, 2.24) is 5.32 Å². The highest BCUT2D eigenvalue weighted by Crippen LogP contribution is 2.15. The van der Waals surface area contributed by atoms with Crippen molar-refractivity contribution in [2.45, 2.75) is 31.4 Å². The minimum Gasteiger partial charge on any atom is -0.461 e. The molecule has 0 aromatic heterocycles. The van der Waals surface area contributed by atoms with Crippen molar-refractivity contribution in [2.75, 3.05) is 6.61 Å². The Labute approximate surface area is 123 Å². The lowest BCUT2D eigenvalue weighted by atomic mass is 10.1. The number of hydrogen-bond acceptors (Lipinski definition) is 4. The number of benzene rings is 1. The van der Waals surface area contributed by atoms with Crippen LogP contribution in [0.5, 0.6) is 0 Å². The van der Waals surface area contributed by atoms with Gasteiger partial charge in [-0.05, 0) is 12.0 Å². The van der Waals surface area contributed by atoms with Crippen LogP contribution in [0.3, 0.4) is 0 Å². The number of carbonyl (C=O) groups excluding carboxylic acids is 2. The number of amides is 1. The molecule has 1 aromatic carbocycles. The van der Waals surface area contributed by atoms with Crippen LogP contribution in [0, 0.1) is 0 Å². The smallest absolute Gasteiger partial charge is 0.335 e. The van der Waals surface area contributed by atoms with Crippen LogP contribution in [-0.4, -0.2) is 29.7 Å². The second-order valence-corrected chi connectivity index (χ2v) is 4.92. The van der Waals surface area contributed by atoms with Gasteiger partial charge in [-0.1, -0.05) is 42.5 Å². The first-order valence-electron chi connectivity index (χ1n) is 7.01. The first-order valence-corrected chi connectivity index (χ1v) is 7.01. The van der Waals surface area contributed by atoms with Crippen LogP contribution >= 0.6 is 0 Å². The van der Waals surface area contributed by atoms with Gasteiger partial charge < -0.3 is 15.2 Å². The van der Waals surface area contributed by atoms with Crippen molar-refractivity contribution in [2.24, 2.45) is 0 Å². The van der Waals surface area contributed by atoms with Gasteiger partial charge in [0.1, 0.15) is 6.61 Å². The molecule has 0 radical (unpaired) electrons. The highest BCUT2D eigenvalue weighted by atomic mass is 16.5. The molecule has 0 fully saturated rings. The molecular formula is C16H19NO4. The molecule has 112 valence electrons. The molecular weight excluding hydrogens is 270 g/mol. The van der Waals surface area contributed by atoms with Gasteiger partial charge in [0, 0.05) is 12.8 Å². The van der Waals surface area contributed by atoms with E-state index in [9.17, 15) is 14.7 Å². The topological polar surface area (TPSA) is 75.6 Å². The summed E-state index contributed by atoms with van der Waals surface area (Å²) >= 11 is 0. The molecule has 1 aliphatic rings. The predicted octanol–water partition coefficient (Wildman–Crippen LogP) is 1.49. The molecule has 1 aromatic rings. The Morgan fingerprint density at radius 1 is 1.14 bits per heavy atom. The van der Waals surface area contributed by atoms with Crippen LogP contribution in [0.4, 0.5) is 0 Å². The minimum atomic E-state index is -1.16. The monoisotopic (exact) mass is 289 g/mol. The van der Waals surface area contributed by atoms with Crippen LogP contribution in [0.15, 0.2) is 42.5 Å². The first-order chi connectivity index (χ1) is 10.2. The number of cyclic esters (lactones) is 1.